The first kappa shape index (κ1) is 8.86. The number of phenols is 1. The van der Waals surface area contributed by atoms with Gasteiger partial charge < -0.3 is 5.11 Å². The predicted molar refractivity (Wildman–Crippen MR) is 55.3 cm³/mol. The fourth-order valence-electron chi connectivity index (χ4n) is 1.44. The standard InChI is InChI=1S/C11H6ClNO/c12-9-4-5-10(14)8-3-1-2-7(6-13)11(8)9/h1-5,14H. The van der Waals surface area contributed by atoms with Gasteiger partial charge in [0.2, 0.25) is 0 Å². The van der Waals surface area contributed by atoms with Crippen molar-refractivity contribution in [3.8, 4) is 11.8 Å². The highest BCUT2D eigenvalue weighted by atomic mass is 35.5. The summed E-state index contributed by atoms with van der Waals surface area (Å²) in [6, 6.07) is 10.3. The van der Waals surface area contributed by atoms with Gasteiger partial charge in [0.1, 0.15) is 5.75 Å². The molecule has 0 aliphatic heterocycles. The Balaban J connectivity index is 3.01. The number of aromatic hydroxyl groups is 1. The molecule has 0 aromatic heterocycles. The van der Waals surface area contributed by atoms with Crippen LogP contribution in [-0.4, -0.2) is 5.11 Å². The van der Waals surface area contributed by atoms with Gasteiger partial charge in [0.05, 0.1) is 11.6 Å². The molecule has 0 bridgehead atoms. The van der Waals surface area contributed by atoms with E-state index in [0.717, 1.165) is 0 Å². The lowest BCUT2D eigenvalue weighted by atomic mass is 10.0. The van der Waals surface area contributed by atoms with Crippen molar-refractivity contribution in [1.29, 1.82) is 5.26 Å². The smallest absolute Gasteiger partial charge is 0.123 e. The Morgan fingerprint density at radius 1 is 1.21 bits per heavy atom. The van der Waals surface area contributed by atoms with Gasteiger partial charge in [0, 0.05) is 15.8 Å². The number of benzene rings is 2. The van der Waals surface area contributed by atoms with Crippen LogP contribution in [0, 0.1) is 11.3 Å². The molecule has 0 spiro atoms. The van der Waals surface area contributed by atoms with Gasteiger partial charge in [0.15, 0.2) is 0 Å². The third kappa shape index (κ3) is 1.19. The van der Waals surface area contributed by atoms with Crippen molar-refractivity contribution >= 4 is 22.4 Å². The maximum absolute atomic E-state index is 9.55. The van der Waals surface area contributed by atoms with Gasteiger partial charge >= 0.3 is 0 Å². The Kier molecular flexibility index (Phi) is 2.03. The van der Waals surface area contributed by atoms with Crippen molar-refractivity contribution in [2.24, 2.45) is 0 Å². The Bertz CT molecular complexity index is 543. The lowest BCUT2D eigenvalue weighted by Gasteiger charge is -2.03. The summed E-state index contributed by atoms with van der Waals surface area (Å²) in [4.78, 5) is 0. The van der Waals surface area contributed by atoms with Crippen LogP contribution < -0.4 is 0 Å². The summed E-state index contributed by atoms with van der Waals surface area (Å²) in [5, 5.41) is 20.1. The van der Waals surface area contributed by atoms with Crippen molar-refractivity contribution in [2.75, 3.05) is 0 Å². The highest BCUT2D eigenvalue weighted by Gasteiger charge is 2.07. The average Bonchev–Trinajstić information content (AvgIpc) is 2.23. The van der Waals surface area contributed by atoms with Crippen LogP contribution in [-0.2, 0) is 0 Å². The summed E-state index contributed by atoms with van der Waals surface area (Å²) in [5.41, 5.74) is 0.475. The van der Waals surface area contributed by atoms with Gasteiger partial charge in [-0.05, 0) is 18.2 Å². The van der Waals surface area contributed by atoms with Gasteiger partial charge in [-0.2, -0.15) is 5.26 Å². The highest BCUT2D eigenvalue weighted by molar-refractivity contribution is 6.36. The molecule has 0 unspecified atom stereocenters. The predicted octanol–water partition coefficient (Wildman–Crippen LogP) is 3.07. The monoisotopic (exact) mass is 203 g/mol. The summed E-state index contributed by atoms with van der Waals surface area (Å²) in [6.45, 7) is 0. The van der Waals surface area contributed by atoms with E-state index in [1.165, 1.54) is 6.07 Å². The van der Waals surface area contributed by atoms with E-state index in [1.807, 2.05) is 6.07 Å². The van der Waals surface area contributed by atoms with Crippen LogP contribution in [0.15, 0.2) is 30.3 Å². The zero-order valence-electron chi connectivity index (χ0n) is 7.16. The van der Waals surface area contributed by atoms with Gasteiger partial charge in [-0.25, -0.2) is 0 Å². The normalized spacial score (nSPS) is 10.0. The molecule has 2 nitrogen and oxygen atoms in total. The summed E-state index contributed by atoms with van der Waals surface area (Å²) in [5.74, 6) is 0.140. The molecule has 0 radical (unpaired) electrons. The number of hydrogen-bond acceptors (Lipinski definition) is 2. The minimum Gasteiger partial charge on any atom is -0.507 e. The molecule has 14 heavy (non-hydrogen) atoms. The van der Waals surface area contributed by atoms with E-state index in [1.54, 1.807) is 24.3 Å². The fourth-order valence-corrected chi connectivity index (χ4v) is 1.71. The van der Waals surface area contributed by atoms with E-state index in [-0.39, 0.29) is 5.75 Å². The van der Waals surface area contributed by atoms with E-state index >= 15 is 0 Å². The average molecular weight is 204 g/mol. The number of fused-ring (bicyclic) bond motifs is 1. The number of nitriles is 1. The number of nitrogens with zero attached hydrogens (tertiary/aromatic N) is 1. The van der Waals surface area contributed by atoms with Crippen molar-refractivity contribution in [1.82, 2.24) is 0 Å². The Morgan fingerprint density at radius 3 is 2.71 bits per heavy atom. The van der Waals surface area contributed by atoms with E-state index in [9.17, 15) is 5.11 Å². The van der Waals surface area contributed by atoms with Crippen LogP contribution in [0.1, 0.15) is 5.56 Å². The Morgan fingerprint density at radius 2 is 2.00 bits per heavy atom. The molecule has 0 aliphatic rings. The molecule has 0 heterocycles. The number of hydrogen-bond donors (Lipinski definition) is 1. The zero-order chi connectivity index (χ0) is 10.1. The molecule has 0 atom stereocenters. The summed E-state index contributed by atoms with van der Waals surface area (Å²) in [6.07, 6.45) is 0. The van der Waals surface area contributed by atoms with Crippen LogP contribution in [0.5, 0.6) is 5.75 Å². The Labute approximate surface area is 86.0 Å². The molecule has 0 saturated carbocycles. The van der Waals surface area contributed by atoms with Crippen molar-refractivity contribution in [3.63, 3.8) is 0 Å². The molecule has 0 saturated heterocycles. The van der Waals surface area contributed by atoms with Crippen LogP contribution in [0.25, 0.3) is 10.8 Å². The third-order valence-electron chi connectivity index (χ3n) is 2.09. The van der Waals surface area contributed by atoms with Crippen LogP contribution in [0.4, 0.5) is 0 Å². The fraction of sp³-hybridized carbons (Fsp3) is 0. The first-order chi connectivity index (χ1) is 6.74. The minimum absolute atomic E-state index is 0.140. The topological polar surface area (TPSA) is 44.0 Å². The third-order valence-corrected chi connectivity index (χ3v) is 2.40. The van der Waals surface area contributed by atoms with Crippen molar-refractivity contribution < 1.29 is 5.11 Å². The molecular weight excluding hydrogens is 198 g/mol. The second kappa shape index (κ2) is 3.21. The largest absolute Gasteiger partial charge is 0.507 e. The molecule has 68 valence electrons. The van der Waals surface area contributed by atoms with Gasteiger partial charge in [-0.1, -0.05) is 23.7 Å². The molecular formula is C11H6ClNO. The summed E-state index contributed by atoms with van der Waals surface area (Å²) >= 11 is 5.95. The second-order valence-electron chi connectivity index (χ2n) is 2.91. The quantitative estimate of drug-likeness (QED) is 0.715. The second-order valence-corrected chi connectivity index (χ2v) is 3.31. The molecule has 0 fully saturated rings. The first-order valence-corrected chi connectivity index (χ1v) is 4.42. The summed E-state index contributed by atoms with van der Waals surface area (Å²) in [7, 11) is 0. The molecule has 3 heteroatoms. The van der Waals surface area contributed by atoms with Crippen LogP contribution in [0.2, 0.25) is 5.02 Å². The van der Waals surface area contributed by atoms with E-state index in [4.69, 9.17) is 16.9 Å². The number of rotatable bonds is 0. The summed E-state index contributed by atoms with van der Waals surface area (Å²) < 4.78 is 0. The maximum atomic E-state index is 9.55. The number of halogens is 1. The molecule has 2 rings (SSSR count). The SMILES string of the molecule is N#Cc1cccc2c(O)ccc(Cl)c12. The molecule has 2 aromatic rings. The Hall–Kier alpha value is -1.72. The van der Waals surface area contributed by atoms with Crippen molar-refractivity contribution in [2.45, 2.75) is 0 Å². The highest BCUT2D eigenvalue weighted by Crippen LogP contribution is 2.32. The van der Waals surface area contributed by atoms with Crippen LogP contribution >= 0.6 is 11.6 Å². The van der Waals surface area contributed by atoms with Crippen molar-refractivity contribution in [3.05, 3.63) is 40.9 Å². The molecule has 1 N–H and O–H groups in total. The van der Waals surface area contributed by atoms with E-state index < -0.39 is 0 Å². The maximum Gasteiger partial charge on any atom is 0.123 e. The minimum atomic E-state index is 0.140. The van der Waals surface area contributed by atoms with E-state index in [0.29, 0.717) is 21.4 Å². The van der Waals surface area contributed by atoms with E-state index in [2.05, 4.69) is 0 Å². The molecule has 2 aromatic carbocycles. The lowest BCUT2D eigenvalue weighted by molar-refractivity contribution is 0.481. The van der Waals surface area contributed by atoms with Crippen LogP contribution in [0.3, 0.4) is 0 Å². The van der Waals surface area contributed by atoms with Gasteiger partial charge in [-0.3, -0.25) is 0 Å². The molecule has 0 amide bonds. The first-order valence-electron chi connectivity index (χ1n) is 4.04. The zero-order valence-corrected chi connectivity index (χ0v) is 7.92. The van der Waals surface area contributed by atoms with Gasteiger partial charge in [0.25, 0.3) is 0 Å². The number of phenolic OH excluding ortho intramolecular Hbond substituents is 1. The molecule has 0 aliphatic carbocycles. The van der Waals surface area contributed by atoms with Gasteiger partial charge in [-0.15, -0.1) is 0 Å². The lowest BCUT2D eigenvalue weighted by Crippen LogP contribution is -1.81.